The number of carbonyl (C=O) groups is 1. The summed E-state index contributed by atoms with van der Waals surface area (Å²) < 4.78 is 5.04. The van der Waals surface area contributed by atoms with Gasteiger partial charge in [0.15, 0.2) is 5.43 Å². The predicted octanol–water partition coefficient (Wildman–Crippen LogP) is 3.25. The third-order valence-corrected chi connectivity index (χ3v) is 4.95. The molecular weight excluding hydrogens is 316 g/mol. The highest BCUT2D eigenvalue weighted by Gasteiger charge is 2.19. The van der Waals surface area contributed by atoms with Gasteiger partial charge in [-0.05, 0) is 57.4 Å². The average Bonchev–Trinajstić information content (AvgIpc) is 2.58. The summed E-state index contributed by atoms with van der Waals surface area (Å²) in [4.78, 5) is 30.7. The third-order valence-electron chi connectivity index (χ3n) is 4.95. The van der Waals surface area contributed by atoms with Crippen LogP contribution in [0.25, 0.3) is 10.9 Å². The number of pyridine rings is 1. The zero-order valence-electron chi connectivity index (χ0n) is 15.2. The maximum Gasteiger partial charge on any atom is 0.338 e. The van der Waals surface area contributed by atoms with Crippen LogP contribution in [0.4, 0.5) is 0 Å². The number of rotatable bonds is 4. The van der Waals surface area contributed by atoms with Gasteiger partial charge < -0.3 is 9.72 Å². The van der Waals surface area contributed by atoms with Crippen molar-refractivity contribution in [2.24, 2.45) is 5.92 Å². The number of nitrogens with zero attached hydrogens (tertiary/aromatic N) is 1. The molecule has 0 radical (unpaired) electrons. The quantitative estimate of drug-likeness (QED) is 0.867. The summed E-state index contributed by atoms with van der Waals surface area (Å²) >= 11 is 0. The van der Waals surface area contributed by atoms with Gasteiger partial charge in [0.25, 0.3) is 0 Å². The lowest BCUT2D eigenvalue weighted by molar-refractivity contribution is 0.0526. The molecule has 0 bridgehead atoms. The zero-order valence-corrected chi connectivity index (χ0v) is 15.2. The molecule has 1 aromatic carbocycles. The number of hydrogen-bond donors (Lipinski definition) is 1. The molecular formula is C20H26N2O3. The number of carbonyl (C=O) groups excluding carboxylic acids is 1. The van der Waals surface area contributed by atoms with Crippen LogP contribution in [0, 0.1) is 12.8 Å². The van der Waals surface area contributed by atoms with Crippen LogP contribution in [0.5, 0.6) is 0 Å². The minimum Gasteiger partial charge on any atom is -0.462 e. The van der Waals surface area contributed by atoms with E-state index in [-0.39, 0.29) is 5.43 Å². The van der Waals surface area contributed by atoms with Crippen LogP contribution in [0.15, 0.2) is 23.0 Å². The molecule has 1 saturated heterocycles. The molecule has 0 amide bonds. The van der Waals surface area contributed by atoms with Crippen molar-refractivity contribution in [3.8, 4) is 0 Å². The Labute approximate surface area is 148 Å². The first-order valence-electron chi connectivity index (χ1n) is 9.04. The maximum atomic E-state index is 13.0. The van der Waals surface area contributed by atoms with Crippen molar-refractivity contribution >= 4 is 16.9 Å². The fraction of sp³-hybridized carbons (Fsp3) is 0.500. The molecule has 0 spiro atoms. The zero-order chi connectivity index (χ0) is 18.0. The van der Waals surface area contributed by atoms with Crippen LogP contribution in [-0.2, 0) is 11.3 Å². The van der Waals surface area contributed by atoms with E-state index in [2.05, 4.69) is 16.8 Å². The smallest absolute Gasteiger partial charge is 0.338 e. The van der Waals surface area contributed by atoms with E-state index >= 15 is 0 Å². The molecule has 0 saturated carbocycles. The SMILES string of the molecule is CCOC(=O)c1ccc2[nH]c(C)c(CN3CCCC(C)C3)c(=O)c2c1. The molecule has 1 fully saturated rings. The van der Waals surface area contributed by atoms with E-state index in [4.69, 9.17) is 4.74 Å². The maximum absolute atomic E-state index is 13.0. The fourth-order valence-corrected chi connectivity index (χ4v) is 3.64. The Kier molecular flexibility index (Phi) is 5.23. The topological polar surface area (TPSA) is 62.4 Å². The Bertz CT molecular complexity index is 841. The largest absolute Gasteiger partial charge is 0.462 e. The molecule has 1 atom stereocenters. The second-order valence-corrected chi connectivity index (χ2v) is 7.02. The molecule has 2 heterocycles. The first-order valence-corrected chi connectivity index (χ1v) is 9.04. The fourth-order valence-electron chi connectivity index (χ4n) is 3.64. The highest BCUT2D eigenvalue weighted by Crippen LogP contribution is 2.19. The number of aromatic nitrogens is 1. The minimum absolute atomic E-state index is 0.00984. The van der Waals surface area contributed by atoms with Crippen molar-refractivity contribution in [1.82, 2.24) is 9.88 Å². The van der Waals surface area contributed by atoms with E-state index in [9.17, 15) is 9.59 Å². The van der Waals surface area contributed by atoms with Crippen molar-refractivity contribution in [2.45, 2.75) is 40.2 Å². The molecule has 3 rings (SSSR count). The Morgan fingerprint density at radius 3 is 2.92 bits per heavy atom. The first kappa shape index (κ1) is 17.7. The summed E-state index contributed by atoms with van der Waals surface area (Å²) in [6, 6.07) is 5.12. The molecule has 25 heavy (non-hydrogen) atoms. The number of fused-ring (bicyclic) bond motifs is 1. The second kappa shape index (κ2) is 7.40. The van der Waals surface area contributed by atoms with E-state index in [1.54, 1.807) is 25.1 Å². The number of H-pyrrole nitrogens is 1. The van der Waals surface area contributed by atoms with Gasteiger partial charge in [-0.3, -0.25) is 9.69 Å². The predicted molar refractivity (Wildman–Crippen MR) is 98.9 cm³/mol. The van der Waals surface area contributed by atoms with Gasteiger partial charge in [-0.15, -0.1) is 0 Å². The summed E-state index contributed by atoms with van der Waals surface area (Å²) in [6.07, 6.45) is 2.44. The summed E-state index contributed by atoms with van der Waals surface area (Å²) in [5, 5.41) is 0.552. The van der Waals surface area contributed by atoms with Crippen molar-refractivity contribution in [3.05, 3.63) is 45.2 Å². The van der Waals surface area contributed by atoms with Gasteiger partial charge in [-0.2, -0.15) is 0 Å². The lowest BCUT2D eigenvalue weighted by Crippen LogP contribution is -2.35. The third kappa shape index (κ3) is 3.76. The summed E-state index contributed by atoms with van der Waals surface area (Å²) in [5.41, 5.74) is 2.88. The Hall–Kier alpha value is -2.14. The minimum atomic E-state index is -0.393. The number of piperidine rings is 1. The van der Waals surface area contributed by atoms with Crippen LogP contribution in [0.3, 0.4) is 0 Å². The molecule has 2 aromatic rings. The highest BCUT2D eigenvalue weighted by molar-refractivity contribution is 5.94. The van der Waals surface area contributed by atoms with Gasteiger partial charge >= 0.3 is 5.97 Å². The Morgan fingerprint density at radius 1 is 1.40 bits per heavy atom. The average molecular weight is 342 g/mol. The standard InChI is InChI=1S/C20H26N2O3/c1-4-25-20(24)15-7-8-18-16(10-15)19(23)17(14(3)21-18)12-22-9-5-6-13(2)11-22/h7-8,10,13H,4-6,9,11-12H2,1-3H3,(H,21,23). The monoisotopic (exact) mass is 342 g/mol. The molecule has 1 aliphatic rings. The lowest BCUT2D eigenvalue weighted by atomic mass is 9.99. The number of esters is 1. The lowest BCUT2D eigenvalue weighted by Gasteiger charge is -2.31. The van der Waals surface area contributed by atoms with Crippen LogP contribution in [0.1, 0.15) is 48.3 Å². The van der Waals surface area contributed by atoms with Gasteiger partial charge in [0.1, 0.15) is 0 Å². The van der Waals surface area contributed by atoms with Crippen molar-refractivity contribution in [1.29, 1.82) is 0 Å². The van der Waals surface area contributed by atoms with Crippen molar-refractivity contribution in [2.75, 3.05) is 19.7 Å². The van der Waals surface area contributed by atoms with E-state index in [0.29, 0.717) is 30.0 Å². The van der Waals surface area contributed by atoms with E-state index < -0.39 is 5.97 Å². The Morgan fingerprint density at radius 2 is 2.20 bits per heavy atom. The number of aryl methyl sites for hydroxylation is 1. The number of aromatic amines is 1. The number of nitrogens with one attached hydrogen (secondary N) is 1. The number of ether oxygens (including phenoxy) is 1. The van der Waals surface area contributed by atoms with Crippen molar-refractivity contribution < 1.29 is 9.53 Å². The second-order valence-electron chi connectivity index (χ2n) is 7.02. The van der Waals surface area contributed by atoms with Gasteiger partial charge in [-0.25, -0.2) is 4.79 Å². The number of benzene rings is 1. The van der Waals surface area contributed by atoms with E-state index in [0.717, 1.165) is 29.9 Å². The van der Waals surface area contributed by atoms with Gasteiger partial charge in [0.2, 0.25) is 0 Å². The number of hydrogen-bond acceptors (Lipinski definition) is 4. The summed E-state index contributed by atoms with van der Waals surface area (Å²) in [6.45, 7) is 9.01. The van der Waals surface area contributed by atoms with Crippen LogP contribution in [-0.4, -0.2) is 35.5 Å². The Balaban J connectivity index is 1.98. The summed E-state index contributed by atoms with van der Waals surface area (Å²) in [7, 11) is 0. The van der Waals surface area contributed by atoms with Gasteiger partial charge in [0.05, 0.1) is 12.2 Å². The molecule has 5 heteroatoms. The highest BCUT2D eigenvalue weighted by atomic mass is 16.5. The van der Waals surface area contributed by atoms with Crippen LogP contribution in [0.2, 0.25) is 0 Å². The molecule has 1 aromatic heterocycles. The van der Waals surface area contributed by atoms with Crippen LogP contribution < -0.4 is 5.43 Å². The van der Waals surface area contributed by atoms with Crippen molar-refractivity contribution in [3.63, 3.8) is 0 Å². The molecule has 134 valence electrons. The van der Waals surface area contributed by atoms with E-state index in [1.165, 1.54) is 12.8 Å². The molecule has 1 unspecified atom stereocenters. The van der Waals surface area contributed by atoms with Gasteiger partial charge in [-0.1, -0.05) is 6.92 Å². The van der Waals surface area contributed by atoms with Gasteiger partial charge in [0, 0.05) is 35.2 Å². The first-order chi connectivity index (χ1) is 12.0. The summed E-state index contributed by atoms with van der Waals surface area (Å²) in [5.74, 6) is 0.278. The molecule has 1 N–H and O–H groups in total. The molecule has 1 aliphatic heterocycles. The molecule has 0 aliphatic carbocycles. The molecule has 5 nitrogen and oxygen atoms in total. The van der Waals surface area contributed by atoms with E-state index in [1.807, 2.05) is 6.92 Å². The normalized spacial score (nSPS) is 18.4. The number of likely N-dealkylation sites (tertiary alicyclic amines) is 1. The van der Waals surface area contributed by atoms with Crippen LogP contribution >= 0.6 is 0 Å².